The molecule has 0 atom stereocenters. The van der Waals surface area contributed by atoms with Gasteiger partial charge >= 0.3 is 0 Å². The summed E-state index contributed by atoms with van der Waals surface area (Å²) in [5, 5.41) is 3.45. The molecule has 1 heterocycles. The van der Waals surface area contributed by atoms with Gasteiger partial charge in [0, 0.05) is 34.1 Å². The van der Waals surface area contributed by atoms with Crippen LogP contribution in [0.3, 0.4) is 0 Å². The van der Waals surface area contributed by atoms with Gasteiger partial charge in [0.15, 0.2) is 0 Å². The van der Waals surface area contributed by atoms with E-state index in [9.17, 15) is 9.59 Å². The van der Waals surface area contributed by atoms with Crippen LogP contribution < -0.4 is 10.1 Å². The van der Waals surface area contributed by atoms with Crippen molar-refractivity contribution in [3.05, 3.63) is 95.6 Å². The van der Waals surface area contributed by atoms with Crippen LogP contribution in [0, 0.1) is 0 Å². The van der Waals surface area contributed by atoms with E-state index in [-0.39, 0.29) is 24.4 Å². The summed E-state index contributed by atoms with van der Waals surface area (Å²) in [5.74, 6) is 0.278. The van der Waals surface area contributed by atoms with Crippen LogP contribution in [0.2, 0.25) is 5.02 Å². The molecule has 0 spiro atoms. The lowest BCUT2D eigenvalue weighted by molar-refractivity contribution is -0.117. The average molecular weight is 503 g/mol. The number of ether oxygens (including phenoxy) is 1. The Labute approximate surface area is 215 Å². The number of nitrogens with zero attached hydrogens (tertiary/aromatic N) is 3. The highest BCUT2D eigenvalue weighted by molar-refractivity contribution is 6.30. The minimum Gasteiger partial charge on any atom is -0.497 e. The van der Waals surface area contributed by atoms with Crippen molar-refractivity contribution in [1.29, 1.82) is 0 Å². The van der Waals surface area contributed by atoms with E-state index in [1.807, 2.05) is 62.5 Å². The van der Waals surface area contributed by atoms with Crippen LogP contribution in [0.15, 0.2) is 85.1 Å². The van der Waals surface area contributed by atoms with E-state index in [0.29, 0.717) is 28.0 Å². The van der Waals surface area contributed by atoms with Crippen LogP contribution in [0.5, 0.6) is 5.75 Å². The quantitative estimate of drug-likeness (QED) is 0.336. The van der Waals surface area contributed by atoms with Crippen molar-refractivity contribution >= 4 is 29.4 Å². The molecule has 2 amide bonds. The lowest BCUT2D eigenvalue weighted by Crippen LogP contribution is -2.42. The van der Waals surface area contributed by atoms with Gasteiger partial charge in [-0.25, -0.2) is 4.98 Å². The van der Waals surface area contributed by atoms with Crippen molar-refractivity contribution < 1.29 is 14.3 Å². The summed E-state index contributed by atoms with van der Waals surface area (Å²) in [6, 6.07) is 23.6. The molecule has 4 aromatic rings. The van der Waals surface area contributed by atoms with E-state index < -0.39 is 0 Å². The predicted octanol–water partition coefficient (Wildman–Crippen LogP) is 5.69. The van der Waals surface area contributed by atoms with Gasteiger partial charge in [-0.1, -0.05) is 54.1 Å². The number of hydrogen-bond acceptors (Lipinski definition) is 4. The van der Waals surface area contributed by atoms with Gasteiger partial charge in [0.05, 0.1) is 12.8 Å². The third-order valence-electron chi connectivity index (χ3n) is 5.63. The molecule has 0 fully saturated rings. The first-order valence-electron chi connectivity index (χ1n) is 11.5. The first kappa shape index (κ1) is 25.0. The van der Waals surface area contributed by atoms with E-state index in [1.165, 1.54) is 4.90 Å². The summed E-state index contributed by atoms with van der Waals surface area (Å²) in [6.07, 6.45) is 1.85. The van der Waals surface area contributed by atoms with Gasteiger partial charge in [0.1, 0.15) is 12.3 Å². The fourth-order valence-electron chi connectivity index (χ4n) is 3.77. The lowest BCUT2D eigenvalue weighted by Gasteiger charge is -2.26. The number of halogens is 1. The zero-order chi connectivity index (χ0) is 25.7. The van der Waals surface area contributed by atoms with Crippen LogP contribution in [0.25, 0.3) is 16.9 Å². The summed E-state index contributed by atoms with van der Waals surface area (Å²) in [5.41, 5.74) is 2.80. The fraction of sp³-hybridized carbons (Fsp3) is 0.179. The highest BCUT2D eigenvalue weighted by atomic mass is 35.5. The number of benzene rings is 3. The highest BCUT2D eigenvalue weighted by Gasteiger charge is 2.23. The molecule has 3 aromatic carbocycles. The summed E-state index contributed by atoms with van der Waals surface area (Å²) in [4.78, 5) is 32.6. The lowest BCUT2D eigenvalue weighted by atomic mass is 10.1. The Morgan fingerprint density at radius 2 is 1.78 bits per heavy atom. The zero-order valence-corrected chi connectivity index (χ0v) is 21.1. The Morgan fingerprint density at radius 1 is 1.03 bits per heavy atom. The van der Waals surface area contributed by atoms with Crippen molar-refractivity contribution in [2.24, 2.45) is 0 Å². The van der Waals surface area contributed by atoms with E-state index in [2.05, 4.69) is 10.3 Å². The van der Waals surface area contributed by atoms with Gasteiger partial charge in [0.2, 0.25) is 11.9 Å². The topological polar surface area (TPSA) is 76.5 Å². The summed E-state index contributed by atoms with van der Waals surface area (Å²) >= 11 is 6.22. The second-order valence-electron chi connectivity index (χ2n) is 8.47. The summed E-state index contributed by atoms with van der Waals surface area (Å²) < 4.78 is 7.01. The van der Waals surface area contributed by atoms with Crippen LogP contribution in [-0.2, 0) is 4.79 Å². The first-order chi connectivity index (χ1) is 17.4. The molecule has 8 heteroatoms. The number of carbonyl (C=O) groups is 2. The number of nitrogens with one attached hydrogen (secondary N) is 1. The molecular weight excluding hydrogens is 476 g/mol. The molecule has 0 radical (unpaired) electrons. The maximum absolute atomic E-state index is 13.2. The van der Waals surface area contributed by atoms with Gasteiger partial charge < -0.3 is 9.64 Å². The number of anilines is 1. The van der Waals surface area contributed by atoms with Gasteiger partial charge in [-0.05, 0) is 50.2 Å². The standard InChI is InChI=1S/C28H27ClN4O3/c1-19(2)32(27(35)21-11-7-14-24(15-21)36-3)18-26(34)31-28-30-25(20-9-5-4-6-10-20)17-33(28)23-13-8-12-22(29)16-23/h4-17,19H,18H2,1-3H3,(H,30,31,34). The monoisotopic (exact) mass is 502 g/mol. The molecule has 7 nitrogen and oxygen atoms in total. The van der Waals surface area contributed by atoms with E-state index in [4.69, 9.17) is 16.3 Å². The number of amides is 2. The Hall–Kier alpha value is -4.10. The molecule has 0 aliphatic heterocycles. The molecule has 1 aromatic heterocycles. The number of imidazole rings is 1. The van der Waals surface area contributed by atoms with E-state index in [0.717, 1.165) is 11.3 Å². The molecule has 4 rings (SSSR count). The first-order valence-corrected chi connectivity index (χ1v) is 11.9. The molecule has 1 N–H and O–H groups in total. The minimum atomic E-state index is -0.367. The smallest absolute Gasteiger partial charge is 0.254 e. The van der Waals surface area contributed by atoms with Gasteiger partial charge in [-0.2, -0.15) is 0 Å². The second kappa shape index (κ2) is 11.1. The Kier molecular flexibility index (Phi) is 7.71. The fourth-order valence-corrected chi connectivity index (χ4v) is 3.95. The van der Waals surface area contributed by atoms with Gasteiger partial charge in [0.25, 0.3) is 5.91 Å². The second-order valence-corrected chi connectivity index (χ2v) is 8.91. The molecule has 36 heavy (non-hydrogen) atoms. The number of aromatic nitrogens is 2. The molecule has 0 bridgehead atoms. The Morgan fingerprint density at radius 3 is 2.47 bits per heavy atom. The maximum atomic E-state index is 13.2. The van der Waals surface area contributed by atoms with Crippen molar-refractivity contribution in [3.8, 4) is 22.7 Å². The number of carbonyl (C=O) groups excluding carboxylic acids is 2. The van der Waals surface area contributed by atoms with Crippen molar-refractivity contribution in [3.63, 3.8) is 0 Å². The van der Waals surface area contributed by atoms with Gasteiger partial charge in [-0.15, -0.1) is 0 Å². The molecule has 0 unspecified atom stereocenters. The number of methoxy groups -OCH3 is 1. The maximum Gasteiger partial charge on any atom is 0.254 e. The third kappa shape index (κ3) is 5.75. The van der Waals surface area contributed by atoms with Crippen LogP contribution in [0.4, 0.5) is 5.95 Å². The SMILES string of the molecule is COc1cccc(C(=O)N(CC(=O)Nc2nc(-c3ccccc3)cn2-c2cccc(Cl)c2)C(C)C)c1. The Bertz CT molecular complexity index is 1370. The van der Waals surface area contributed by atoms with Crippen LogP contribution in [-0.4, -0.2) is 46.0 Å². The average Bonchev–Trinajstić information content (AvgIpc) is 3.31. The summed E-state index contributed by atoms with van der Waals surface area (Å²) in [6.45, 7) is 3.59. The van der Waals surface area contributed by atoms with Crippen molar-refractivity contribution in [2.75, 3.05) is 19.0 Å². The number of hydrogen-bond donors (Lipinski definition) is 1. The predicted molar refractivity (Wildman–Crippen MR) is 142 cm³/mol. The van der Waals surface area contributed by atoms with E-state index in [1.54, 1.807) is 48.1 Å². The third-order valence-corrected chi connectivity index (χ3v) is 5.86. The number of rotatable bonds is 8. The van der Waals surface area contributed by atoms with E-state index >= 15 is 0 Å². The Balaban J connectivity index is 1.61. The van der Waals surface area contributed by atoms with Crippen molar-refractivity contribution in [1.82, 2.24) is 14.5 Å². The van der Waals surface area contributed by atoms with Crippen molar-refractivity contribution in [2.45, 2.75) is 19.9 Å². The molecule has 184 valence electrons. The van der Waals surface area contributed by atoms with Gasteiger partial charge in [-0.3, -0.25) is 19.5 Å². The minimum absolute atomic E-state index is 0.142. The molecule has 0 aliphatic carbocycles. The molecule has 0 aliphatic rings. The zero-order valence-electron chi connectivity index (χ0n) is 20.3. The molecular formula is C28H27ClN4O3. The van der Waals surface area contributed by atoms with Crippen LogP contribution >= 0.6 is 11.6 Å². The largest absolute Gasteiger partial charge is 0.497 e. The molecule has 0 saturated heterocycles. The molecule has 0 saturated carbocycles. The van der Waals surface area contributed by atoms with Crippen LogP contribution in [0.1, 0.15) is 24.2 Å². The summed E-state index contributed by atoms with van der Waals surface area (Å²) in [7, 11) is 1.54. The highest BCUT2D eigenvalue weighted by Crippen LogP contribution is 2.26. The normalized spacial score (nSPS) is 10.8.